The molecule has 2 aromatic carbocycles. The van der Waals surface area contributed by atoms with E-state index >= 15 is 0 Å². The summed E-state index contributed by atoms with van der Waals surface area (Å²) >= 11 is 6.06. The van der Waals surface area contributed by atoms with Gasteiger partial charge < -0.3 is 5.32 Å². The van der Waals surface area contributed by atoms with Crippen LogP contribution in [-0.4, -0.2) is 20.2 Å². The maximum Gasteiger partial charge on any atom is 0.159 e. The Hall–Kier alpha value is -2.99. The third-order valence-electron chi connectivity index (χ3n) is 3.62. The summed E-state index contributed by atoms with van der Waals surface area (Å²) in [5.74, 6) is 0.0852. The van der Waals surface area contributed by atoms with Crippen molar-refractivity contribution in [2.75, 3.05) is 5.32 Å². The summed E-state index contributed by atoms with van der Waals surface area (Å²) in [6.45, 7) is 0. The highest BCUT2D eigenvalue weighted by molar-refractivity contribution is 6.31. The first-order valence-electron chi connectivity index (χ1n) is 7.18. The van der Waals surface area contributed by atoms with Crippen molar-refractivity contribution < 1.29 is 4.39 Å². The van der Waals surface area contributed by atoms with E-state index in [1.807, 2.05) is 30.3 Å². The molecule has 0 fully saturated rings. The fourth-order valence-corrected chi connectivity index (χ4v) is 2.71. The Bertz CT molecular complexity index is 1020. The van der Waals surface area contributed by atoms with Gasteiger partial charge in [0.1, 0.15) is 23.2 Å². The Morgan fingerprint density at radius 3 is 2.75 bits per heavy atom. The lowest BCUT2D eigenvalue weighted by Gasteiger charge is -2.11. The summed E-state index contributed by atoms with van der Waals surface area (Å²) in [5.41, 5.74) is 3.13. The van der Waals surface area contributed by atoms with Crippen molar-refractivity contribution in [1.82, 2.24) is 20.2 Å². The fourth-order valence-electron chi connectivity index (χ4n) is 2.49. The summed E-state index contributed by atoms with van der Waals surface area (Å²) in [6, 6.07) is 12.4. The predicted octanol–water partition coefficient (Wildman–Crippen LogP) is 4.56. The van der Waals surface area contributed by atoms with E-state index in [0.717, 1.165) is 5.56 Å². The van der Waals surface area contributed by atoms with Crippen molar-refractivity contribution in [3.8, 4) is 11.1 Å². The molecule has 2 aromatic heterocycles. The summed E-state index contributed by atoms with van der Waals surface area (Å²) in [4.78, 5) is 8.31. The molecule has 4 aromatic rings. The minimum Gasteiger partial charge on any atom is -0.338 e. The predicted molar refractivity (Wildman–Crippen MR) is 91.8 cm³/mol. The van der Waals surface area contributed by atoms with Crippen LogP contribution in [0.5, 0.6) is 0 Å². The monoisotopic (exact) mass is 339 g/mol. The quantitative estimate of drug-likeness (QED) is 0.574. The molecule has 2 heterocycles. The van der Waals surface area contributed by atoms with Crippen LogP contribution in [0, 0.1) is 5.82 Å². The molecule has 118 valence electrons. The van der Waals surface area contributed by atoms with Crippen LogP contribution in [0.15, 0.2) is 55.0 Å². The third-order valence-corrected chi connectivity index (χ3v) is 3.89. The summed E-state index contributed by atoms with van der Waals surface area (Å²) in [5, 5.41) is 9.96. The Balaban J connectivity index is 1.79. The molecule has 0 saturated heterocycles. The van der Waals surface area contributed by atoms with Crippen LogP contribution in [0.25, 0.3) is 22.2 Å². The second-order valence-electron chi connectivity index (χ2n) is 5.16. The average molecular weight is 340 g/mol. The molecule has 0 radical (unpaired) electrons. The van der Waals surface area contributed by atoms with E-state index in [0.29, 0.717) is 28.1 Å². The lowest BCUT2D eigenvalue weighted by Crippen LogP contribution is -1.97. The van der Waals surface area contributed by atoms with E-state index in [4.69, 9.17) is 11.6 Å². The molecule has 24 heavy (non-hydrogen) atoms. The highest BCUT2D eigenvalue weighted by Gasteiger charge is 2.13. The molecule has 0 amide bonds. The first-order chi connectivity index (χ1) is 11.7. The Labute approximate surface area is 141 Å². The number of nitrogens with one attached hydrogen (secondary N) is 2. The van der Waals surface area contributed by atoms with Crippen LogP contribution in [0.1, 0.15) is 0 Å². The van der Waals surface area contributed by atoms with Gasteiger partial charge in [-0.05, 0) is 17.7 Å². The number of hydrogen-bond donors (Lipinski definition) is 2. The van der Waals surface area contributed by atoms with Gasteiger partial charge in [0.05, 0.1) is 11.2 Å². The lowest BCUT2D eigenvalue weighted by atomic mass is 10.0. The second-order valence-corrected chi connectivity index (χ2v) is 5.57. The Morgan fingerprint density at radius 2 is 1.92 bits per heavy atom. The maximum absolute atomic E-state index is 14.4. The summed E-state index contributed by atoms with van der Waals surface area (Å²) < 4.78 is 14.4. The number of H-pyrrole nitrogens is 1. The van der Waals surface area contributed by atoms with E-state index in [1.165, 1.54) is 12.4 Å². The van der Waals surface area contributed by atoms with Gasteiger partial charge in [-0.1, -0.05) is 41.9 Å². The van der Waals surface area contributed by atoms with Gasteiger partial charge in [0, 0.05) is 11.3 Å². The average Bonchev–Trinajstić information content (AvgIpc) is 3.08. The van der Waals surface area contributed by atoms with Crippen molar-refractivity contribution >= 4 is 34.1 Å². The SMILES string of the molecule is Fc1c(Cl)cc(Nc2ncnc3cn[nH]c23)cc1-c1ccccc1. The van der Waals surface area contributed by atoms with Crippen LogP contribution in [0.3, 0.4) is 0 Å². The number of fused-ring (bicyclic) bond motifs is 1. The lowest BCUT2D eigenvalue weighted by molar-refractivity contribution is 0.632. The van der Waals surface area contributed by atoms with Crippen LogP contribution in [0.4, 0.5) is 15.9 Å². The van der Waals surface area contributed by atoms with E-state index in [9.17, 15) is 4.39 Å². The van der Waals surface area contributed by atoms with Gasteiger partial charge >= 0.3 is 0 Å². The smallest absolute Gasteiger partial charge is 0.159 e. The van der Waals surface area contributed by atoms with Crippen LogP contribution in [-0.2, 0) is 0 Å². The molecule has 5 nitrogen and oxygen atoms in total. The number of halogens is 2. The standard InChI is InChI=1S/C17H11ClFN5/c18-13-7-11(6-12(15(13)19)10-4-2-1-3-5-10)23-17-16-14(8-22-24-16)20-9-21-17/h1-9H,(H,22,24)(H,20,21,23). The molecule has 4 rings (SSSR count). The number of anilines is 2. The van der Waals surface area contributed by atoms with Gasteiger partial charge in [-0.3, -0.25) is 5.10 Å². The zero-order valence-electron chi connectivity index (χ0n) is 12.3. The molecular formula is C17H11ClFN5. The molecule has 0 unspecified atom stereocenters. The number of rotatable bonds is 3. The first-order valence-corrected chi connectivity index (χ1v) is 7.56. The molecule has 0 aliphatic rings. The number of hydrogen-bond acceptors (Lipinski definition) is 4. The normalized spacial score (nSPS) is 10.9. The van der Waals surface area contributed by atoms with E-state index in [1.54, 1.807) is 12.3 Å². The van der Waals surface area contributed by atoms with Crippen LogP contribution >= 0.6 is 11.6 Å². The molecule has 0 bridgehead atoms. The zero-order chi connectivity index (χ0) is 16.5. The van der Waals surface area contributed by atoms with Crippen molar-refractivity contribution in [3.05, 3.63) is 65.8 Å². The van der Waals surface area contributed by atoms with Gasteiger partial charge in [0.2, 0.25) is 0 Å². The van der Waals surface area contributed by atoms with E-state index < -0.39 is 5.82 Å². The van der Waals surface area contributed by atoms with Crippen molar-refractivity contribution in [2.24, 2.45) is 0 Å². The number of aromatic amines is 1. The minimum absolute atomic E-state index is 0.0359. The van der Waals surface area contributed by atoms with Crippen molar-refractivity contribution in [1.29, 1.82) is 0 Å². The summed E-state index contributed by atoms with van der Waals surface area (Å²) in [6.07, 6.45) is 3.04. The van der Waals surface area contributed by atoms with Gasteiger partial charge in [0.15, 0.2) is 5.82 Å². The fraction of sp³-hybridized carbons (Fsp3) is 0. The van der Waals surface area contributed by atoms with Crippen LogP contribution < -0.4 is 5.32 Å². The zero-order valence-corrected chi connectivity index (χ0v) is 13.0. The minimum atomic E-state index is -0.456. The topological polar surface area (TPSA) is 66.5 Å². The molecule has 7 heteroatoms. The molecule has 0 saturated carbocycles. The van der Waals surface area contributed by atoms with Gasteiger partial charge in [-0.25, -0.2) is 14.4 Å². The van der Waals surface area contributed by atoms with Gasteiger partial charge in [-0.2, -0.15) is 5.10 Å². The third kappa shape index (κ3) is 2.57. The first kappa shape index (κ1) is 14.6. The van der Waals surface area contributed by atoms with Crippen molar-refractivity contribution in [3.63, 3.8) is 0 Å². The number of nitrogens with zero attached hydrogens (tertiary/aromatic N) is 3. The van der Waals surface area contributed by atoms with E-state index in [-0.39, 0.29) is 5.02 Å². The van der Waals surface area contributed by atoms with Crippen LogP contribution in [0.2, 0.25) is 5.02 Å². The summed E-state index contributed by atoms with van der Waals surface area (Å²) in [7, 11) is 0. The molecular weight excluding hydrogens is 329 g/mol. The Kier molecular flexibility index (Phi) is 3.59. The molecule has 2 N–H and O–H groups in total. The highest BCUT2D eigenvalue weighted by Crippen LogP contribution is 2.33. The largest absolute Gasteiger partial charge is 0.338 e. The van der Waals surface area contributed by atoms with Gasteiger partial charge in [-0.15, -0.1) is 0 Å². The number of aromatic nitrogens is 4. The van der Waals surface area contributed by atoms with Crippen molar-refractivity contribution in [2.45, 2.75) is 0 Å². The Morgan fingerprint density at radius 1 is 1.08 bits per heavy atom. The molecule has 0 atom stereocenters. The second kappa shape index (κ2) is 5.90. The molecule has 0 aliphatic heterocycles. The molecule has 0 aliphatic carbocycles. The van der Waals surface area contributed by atoms with Gasteiger partial charge in [0.25, 0.3) is 0 Å². The molecule has 0 spiro atoms. The van der Waals surface area contributed by atoms with E-state index in [2.05, 4.69) is 25.5 Å². The maximum atomic E-state index is 14.4. The number of benzene rings is 2. The highest BCUT2D eigenvalue weighted by atomic mass is 35.5.